The minimum Gasteiger partial charge on any atom is -0.207 e. The van der Waals surface area contributed by atoms with Crippen LogP contribution in [0.3, 0.4) is 0 Å². The molecule has 1 aromatic carbocycles. The quantitative estimate of drug-likeness (QED) is 0.552. The van der Waals surface area contributed by atoms with E-state index in [0.29, 0.717) is 16.9 Å². The van der Waals surface area contributed by atoms with Crippen LogP contribution < -0.4 is 0 Å². The molecule has 0 unspecified atom stereocenters. The zero-order chi connectivity index (χ0) is 6.69. The van der Waals surface area contributed by atoms with Crippen LogP contribution in [0.4, 0.5) is 4.39 Å². The molecule has 0 spiro atoms. The van der Waals surface area contributed by atoms with Gasteiger partial charge in [0.2, 0.25) is 0 Å². The Morgan fingerprint density at radius 3 is 2.22 bits per heavy atom. The van der Waals surface area contributed by atoms with E-state index >= 15 is 0 Å². The van der Waals surface area contributed by atoms with Gasteiger partial charge in [0.15, 0.2) is 0 Å². The molecule has 0 atom stereocenters. The molecule has 0 aliphatic rings. The average molecular weight is 143 g/mol. The average Bonchev–Trinajstić information content (AvgIpc) is 1.90. The van der Waals surface area contributed by atoms with Crippen LogP contribution in [0.2, 0.25) is 0 Å². The molecule has 47 valence electrons. The van der Waals surface area contributed by atoms with Gasteiger partial charge in [0.1, 0.15) is 5.82 Å². The van der Waals surface area contributed by atoms with E-state index in [9.17, 15) is 8.94 Å². The minimum atomic E-state index is -0.312. The van der Waals surface area contributed by atoms with E-state index in [4.69, 9.17) is 0 Å². The van der Waals surface area contributed by atoms with E-state index < -0.39 is 0 Å². The van der Waals surface area contributed by atoms with Crippen molar-refractivity contribution in [3.63, 3.8) is 0 Å². The zero-order valence-electron chi connectivity index (χ0n) is 4.50. The maximum Gasteiger partial charge on any atom is 0.123 e. The minimum absolute atomic E-state index is 0.312. The molecule has 1 aromatic rings. The SMILES string of the molecule is [O]Sc1ccc(F)cc1. The molecule has 1 nitrogen and oxygen atoms in total. The molecule has 0 aliphatic carbocycles. The Balaban J connectivity index is 2.88. The van der Waals surface area contributed by atoms with Crippen molar-refractivity contribution in [3.8, 4) is 0 Å². The lowest BCUT2D eigenvalue weighted by Crippen LogP contribution is -1.70. The lowest BCUT2D eigenvalue weighted by Gasteiger charge is -1.88. The van der Waals surface area contributed by atoms with Gasteiger partial charge in [0, 0.05) is 4.90 Å². The van der Waals surface area contributed by atoms with Crippen LogP contribution in [0, 0.1) is 5.82 Å². The smallest absolute Gasteiger partial charge is 0.123 e. The van der Waals surface area contributed by atoms with Crippen molar-refractivity contribution in [1.82, 2.24) is 0 Å². The zero-order valence-corrected chi connectivity index (χ0v) is 5.32. The van der Waals surface area contributed by atoms with Crippen molar-refractivity contribution in [2.75, 3.05) is 0 Å². The van der Waals surface area contributed by atoms with Gasteiger partial charge in [-0.2, -0.15) is 0 Å². The second-order valence-electron chi connectivity index (χ2n) is 1.54. The number of rotatable bonds is 1. The first-order valence-electron chi connectivity index (χ1n) is 2.38. The van der Waals surface area contributed by atoms with Crippen LogP contribution in [0.25, 0.3) is 0 Å². The van der Waals surface area contributed by atoms with Gasteiger partial charge in [0.05, 0.1) is 12.0 Å². The summed E-state index contributed by atoms with van der Waals surface area (Å²) in [7, 11) is 0. The third kappa shape index (κ3) is 1.69. The normalized spacial score (nSPS) is 9.56. The third-order valence-electron chi connectivity index (χ3n) is 0.910. The predicted octanol–water partition coefficient (Wildman–Crippen LogP) is 2.26. The van der Waals surface area contributed by atoms with Crippen molar-refractivity contribution in [1.29, 1.82) is 0 Å². The number of hydrogen-bond donors (Lipinski definition) is 0. The van der Waals surface area contributed by atoms with Gasteiger partial charge < -0.3 is 0 Å². The van der Waals surface area contributed by atoms with E-state index in [1.165, 1.54) is 24.3 Å². The Kier molecular flexibility index (Phi) is 2.08. The highest BCUT2D eigenvalue weighted by molar-refractivity contribution is 7.93. The van der Waals surface area contributed by atoms with E-state index in [2.05, 4.69) is 0 Å². The fraction of sp³-hybridized carbons (Fsp3) is 0. The second kappa shape index (κ2) is 2.85. The van der Waals surface area contributed by atoms with Crippen LogP contribution in [0.5, 0.6) is 0 Å². The van der Waals surface area contributed by atoms with Gasteiger partial charge in [0.25, 0.3) is 0 Å². The maximum atomic E-state index is 12.1. The first-order valence-corrected chi connectivity index (χ1v) is 3.12. The van der Waals surface area contributed by atoms with E-state index in [-0.39, 0.29) is 5.82 Å². The Hall–Kier alpha value is -0.540. The summed E-state index contributed by atoms with van der Waals surface area (Å²) in [6.45, 7) is 0. The van der Waals surface area contributed by atoms with Crippen LogP contribution >= 0.6 is 12.0 Å². The summed E-state index contributed by atoms with van der Waals surface area (Å²) in [6.07, 6.45) is 0. The van der Waals surface area contributed by atoms with Crippen molar-refractivity contribution in [3.05, 3.63) is 30.1 Å². The van der Waals surface area contributed by atoms with Gasteiger partial charge in [-0.3, -0.25) is 0 Å². The molecule has 3 heteroatoms. The Bertz CT molecular complexity index is 185. The number of hydrogen-bond acceptors (Lipinski definition) is 1. The summed E-state index contributed by atoms with van der Waals surface area (Å²) in [6, 6.07) is 5.43. The number of benzene rings is 1. The molecule has 0 aromatic heterocycles. The summed E-state index contributed by atoms with van der Waals surface area (Å²) in [5.74, 6) is -0.312. The van der Waals surface area contributed by atoms with Gasteiger partial charge in [-0.05, 0) is 24.3 Å². The maximum absolute atomic E-state index is 12.1. The topological polar surface area (TPSA) is 19.9 Å². The van der Waals surface area contributed by atoms with Crippen LogP contribution in [0.15, 0.2) is 29.2 Å². The van der Waals surface area contributed by atoms with Crippen LogP contribution in [-0.2, 0) is 4.55 Å². The fourth-order valence-corrected chi connectivity index (χ4v) is 0.737. The fourth-order valence-electron chi connectivity index (χ4n) is 0.490. The molecule has 0 N–H and O–H groups in total. The summed E-state index contributed by atoms with van der Waals surface area (Å²) in [4.78, 5) is 0.538. The number of halogens is 1. The molecule has 0 saturated heterocycles. The highest BCUT2D eigenvalue weighted by Gasteiger charge is 1.90. The van der Waals surface area contributed by atoms with Gasteiger partial charge in [-0.15, -0.1) is 4.55 Å². The molecule has 0 amide bonds. The summed E-state index contributed by atoms with van der Waals surface area (Å²) in [5, 5.41) is 0. The molecule has 1 rings (SSSR count). The molecular formula is C6H4FOS. The monoisotopic (exact) mass is 143 g/mol. The third-order valence-corrected chi connectivity index (χ3v) is 1.37. The van der Waals surface area contributed by atoms with Crippen molar-refractivity contribution in [2.24, 2.45) is 0 Å². The molecule has 0 fully saturated rings. The van der Waals surface area contributed by atoms with E-state index in [1.807, 2.05) is 0 Å². The standard InChI is InChI=1S/C6H4FOS/c7-5-1-3-6(9-8)4-2-5/h1-4H. The molecular weight excluding hydrogens is 139 g/mol. The highest BCUT2D eigenvalue weighted by atomic mass is 32.2. The van der Waals surface area contributed by atoms with E-state index in [1.54, 1.807) is 0 Å². The van der Waals surface area contributed by atoms with Gasteiger partial charge >= 0.3 is 0 Å². The second-order valence-corrected chi connectivity index (χ2v) is 2.18. The van der Waals surface area contributed by atoms with Crippen LogP contribution in [0.1, 0.15) is 0 Å². The van der Waals surface area contributed by atoms with Crippen LogP contribution in [-0.4, -0.2) is 0 Å². The molecule has 0 aliphatic heterocycles. The van der Waals surface area contributed by atoms with E-state index in [0.717, 1.165) is 0 Å². The van der Waals surface area contributed by atoms with Gasteiger partial charge in [-0.25, -0.2) is 4.39 Å². The molecule has 0 bridgehead atoms. The predicted molar refractivity (Wildman–Crippen MR) is 32.9 cm³/mol. The Labute approximate surface area is 56.7 Å². The largest absolute Gasteiger partial charge is 0.207 e. The summed E-state index contributed by atoms with van der Waals surface area (Å²) < 4.78 is 22.1. The lowest BCUT2D eigenvalue weighted by atomic mass is 10.4. The highest BCUT2D eigenvalue weighted by Crippen LogP contribution is 2.13. The van der Waals surface area contributed by atoms with Crippen molar-refractivity contribution < 1.29 is 8.94 Å². The summed E-state index contributed by atoms with van der Waals surface area (Å²) >= 11 is 0.361. The first kappa shape index (κ1) is 6.58. The molecule has 1 radical (unpaired) electrons. The lowest BCUT2D eigenvalue weighted by molar-refractivity contribution is 0.531. The summed E-state index contributed by atoms with van der Waals surface area (Å²) in [5.41, 5.74) is 0. The molecule has 0 heterocycles. The Morgan fingerprint density at radius 1 is 1.22 bits per heavy atom. The molecule has 0 saturated carbocycles. The van der Waals surface area contributed by atoms with Crippen molar-refractivity contribution in [2.45, 2.75) is 4.90 Å². The Morgan fingerprint density at radius 2 is 1.78 bits per heavy atom. The van der Waals surface area contributed by atoms with Gasteiger partial charge in [-0.1, -0.05) is 0 Å². The van der Waals surface area contributed by atoms with Crippen molar-refractivity contribution >= 4 is 12.0 Å². The first-order chi connectivity index (χ1) is 4.33. The molecule has 9 heavy (non-hydrogen) atoms.